The Hall–Kier alpha value is -1.38. The molecular formula is C15H26N2O. The van der Waals surface area contributed by atoms with Gasteiger partial charge in [0, 0.05) is 36.1 Å². The minimum Gasteiger partial charge on any atom is -0.497 e. The van der Waals surface area contributed by atoms with Crippen LogP contribution < -0.4 is 15.4 Å². The van der Waals surface area contributed by atoms with Crippen LogP contribution in [0.1, 0.15) is 40.0 Å². The molecule has 0 aliphatic heterocycles. The Morgan fingerprint density at radius 3 is 2.56 bits per heavy atom. The van der Waals surface area contributed by atoms with E-state index in [1.54, 1.807) is 7.11 Å². The number of nitrogens with two attached hydrogens (primary N) is 1. The van der Waals surface area contributed by atoms with Gasteiger partial charge in [0.2, 0.25) is 0 Å². The first-order valence-electron chi connectivity index (χ1n) is 6.83. The maximum absolute atomic E-state index is 5.94. The largest absolute Gasteiger partial charge is 0.497 e. The molecule has 0 aliphatic carbocycles. The van der Waals surface area contributed by atoms with Crippen LogP contribution in [0.3, 0.4) is 0 Å². The van der Waals surface area contributed by atoms with Crippen LogP contribution in [0.5, 0.6) is 5.75 Å². The van der Waals surface area contributed by atoms with E-state index in [0.29, 0.717) is 6.04 Å². The van der Waals surface area contributed by atoms with Crippen molar-refractivity contribution in [3.8, 4) is 5.75 Å². The molecule has 0 radical (unpaired) electrons. The van der Waals surface area contributed by atoms with Gasteiger partial charge in [-0.1, -0.05) is 20.3 Å². The van der Waals surface area contributed by atoms with Crippen molar-refractivity contribution in [1.29, 1.82) is 0 Å². The van der Waals surface area contributed by atoms with Crippen molar-refractivity contribution in [2.75, 3.05) is 24.3 Å². The molecule has 0 aliphatic rings. The van der Waals surface area contributed by atoms with Crippen LogP contribution in [-0.4, -0.2) is 19.7 Å². The van der Waals surface area contributed by atoms with Crippen molar-refractivity contribution in [3.05, 3.63) is 18.2 Å². The van der Waals surface area contributed by atoms with Crippen LogP contribution in [0.2, 0.25) is 0 Å². The van der Waals surface area contributed by atoms with Crippen molar-refractivity contribution in [3.63, 3.8) is 0 Å². The summed E-state index contributed by atoms with van der Waals surface area (Å²) in [5.74, 6) is 0.829. The quantitative estimate of drug-likeness (QED) is 0.750. The number of nitrogens with zero attached hydrogens (tertiary/aromatic N) is 1. The van der Waals surface area contributed by atoms with E-state index >= 15 is 0 Å². The number of benzene rings is 1. The number of hydrogen-bond donors (Lipinski definition) is 1. The highest BCUT2D eigenvalue weighted by Crippen LogP contribution is 2.27. The highest BCUT2D eigenvalue weighted by atomic mass is 16.5. The van der Waals surface area contributed by atoms with E-state index < -0.39 is 0 Å². The SMILES string of the molecule is CCCCN(c1cc(N)cc(OC)c1)C(C)CC. The molecule has 1 rings (SSSR count). The van der Waals surface area contributed by atoms with Gasteiger partial charge in [0.15, 0.2) is 0 Å². The zero-order valence-electron chi connectivity index (χ0n) is 12.1. The zero-order valence-corrected chi connectivity index (χ0v) is 12.1. The number of methoxy groups -OCH3 is 1. The predicted octanol–water partition coefficient (Wildman–Crippen LogP) is 3.68. The molecule has 0 saturated carbocycles. The second-order valence-corrected chi connectivity index (χ2v) is 4.77. The molecule has 1 aromatic rings. The lowest BCUT2D eigenvalue weighted by atomic mass is 10.1. The third-order valence-electron chi connectivity index (χ3n) is 3.36. The van der Waals surface area contributed by atoms with Crippen LogP contribution in [-0.2, 0) is 0 Å². The summed E-state index contributed by atoms with van der Waals surface area (Å²) in [6, 6.07) is 6.48. The van der Waals surface area contributed by atoms with Gasteiger partial charge in [0.25, 0.3) is 0 Å². The summed E-state index contributed by atoms with van der Waals surface area (Å²) in [4.78, 5) is 2.42. The van der Waals surface area contributed by atoms with Crippen LogP contribution in [0.15, 0.2) is 18.2 Å². The maximum Gasteiger partial charge on any atom is 0.122 e. The van der Waals surface area contributed by atoms with E-state index in [4.69, 9.17) is 10.5 Å². The molecule has 3 heteroatoms. The van der Waals surface area contributed by atoms with Crippen molar-refractivity contribution >= 4 is 11.4 Å². The summed E-state index contributed by atoms with van der Waals surface area (Å²) in [5.41, 5.74) is 7.86. The maximum atomic E-state index is 5.94. The molecule has 0 saturated heterocycles. The lowest BCUT2D eigenvalue weighted by Gasteiger charge is -2.31. The Morgan fingerprint density at radius 1 is 1.28 bits per heavy atom. The second kappa shape index (κ2) is 7.14. The summed E-state index contributed by atoms with van der Waals surface area (Å²) in [5, 5.41) is 0. The number of rotatable bonds is 7. The van der Waals surface area contributed by atoms with Gasteiger partial charge in [-0.25, -0.2) is 0 Å². The number of anilines is 2. The lowest BCUT2D eigenvalue weighted by Crippen LogP contribution is -2.33. The highest BCUT2D eigenvalue weighted by molar-refractivity contribution is 5.61. The van der Waals surface area contributed by atoms with Crippen LogP contribution >= 0.6 is 0 Å². The first-order chi connectivity index (χ1) is 8.62. The monoisotopic (exact) mass is 250 g/mol. The van der Waals surface area contributed by atoms with Crippen LogP contribution in [0.4, 0.5) is 11.4 Å². The third-order valence-corrected chi connectivity index (χ3v) is 3.36. The average Bonchev–Trinajstić information content (AvgIpc) is 2.38. The summed E-state index contributed by atoms with van der Waals surface area (Å²) in [7, 11) is 1.68. The molecule has 3 nitrogen and oxygen atoms in total. The van der Waals surface area contributed by atoms with Crippen molar-refractivity contribution < 1.29 is 4.74 Å². The van der Waals surface area contributed by atoms with E-state index in [9.17, 15) is 0 Å². The van der Waals surface area contributed by atoms with Crippen molar-refractivity contribution in [1.82, 2.24) is 0 Å². The summed E-state index contributed by atoms with van der Waals surface area (Å²) >= 11 is 0. The molecule has 1 unspecified atom stereocenters. The van der Waals surface area contributed by atoms with Gasteiger partial charge < -0.3 is 15.4 Å². The van der Waals surface area contributed by atoms with E-state index in [0.717, 1.165) is 30.1 Å². The van der Waals surface area contributed by atoms with Gasteiger partial charge in [0.05, 0.1) is 7.11 Å². The summed E-state index contributed by atoms with van der Waals surface area (Å²) in [6.07, 6.45) is 3.52. The molecular weight excluding hydrogens is 224 g/mol. The van der Waals surface area contributed by atoms with E-state index in [1.165, 1.54) is 12.8 Å². The molecule has 0 amide bonds. The molecule has 102 valence electrons. The van der Waals surface area contributed by atoms with E-state index in [-0.39, 0.29) is 0 Å². The third kappa shape index (κ3) is 3.83. The van der Waals surface area contributed by atoms with Crippen LogP contribution in [0, 0.1) is 0 Å². The second-order valence-electron chi connectivity index (χ2n) is 4.77. The molecule has 0 fully saturated rings. The van der Waals surface area contributed by atoms with Crippen molar-refractivity contribution in [2.45, 2.75) is 46.1 Å². The van der Waals surface area contributed by atoms with Crippen molar-refractivity contribution in [2.24, 2.45) is 0 Å². The molecule has 0 heterocycles. The van der Waals surface area contributed by atoms with Gasteiger partial charge in [-0.2, -0.15) is 0 Å². The molecule has 0 aromatic heterocycles. The molecule has 1 atom stereocenters. The van der Waals surface area contributed by atoms with Gasteiger partial charge in [-0.3, -0.25) is 0 Å². The minimum atomic E-state index is 0.517. The predicted molar refractivity (Wildman–Crippen MR) is 79.4 cm³/mol. The Balaban J connectivity index is 2.99. The fourth-order valence-corrected chi connectivity index (χ4v) is 2.04. The molecule has 18 heavy (non-hydrogen) atoms. The minimum absolute atomic E-state index is 0.517. The first-order valence-corrected chi connectivity index (χ1v) is 6.83. The van der Waals surface area contributed by atoms with Gasteiger partial charge in [0.1, 0.15) is 5.75 Å². The molecule has 2 N–H and O–H groups in total. The Labute approximate surface area is 111 Å². The average molecular weight is 250 g/mol. The molecule has 0 bridgehead atoms. The molecule has 0 spiro atoms. The highest BCUT2D eigenvalue weighted by Gasteiger charge is 2.13. The number of hydrogen-bond acceptors (Lipinski definition) is 3. The smallest absolute Gasteiger partial charge is 0.122 e. The van der Waals surface area contributed by atoms with E-state index in [1.807, 2.05) is 12.1 Å². The lowest BCUT2D eigenvalue weighted by molar-refractivity contribution is 0.415. The number of unbranched alkanes of at least 4 members (excludes halogenated alkanes) is 1. The normalized spacial score (nSPS) is 12.2. The number of ether oxygens (including phenoxy) is 1. The zero-order chi connectivity index (χ0) is 13.5. The fourth-order valence-electron chi connectivity index (χ4n) is 2.04. The Morgan fingerprint density at radius 2 is 2.00 bits per heavy atom. The first kappa shape index (κ1) is 14.7. The topological polar surface area (TPSA) is 38.5 Å². The standard InChI is InChI=1S/C15H26N2O/c1-5-7-8-17(12(3)6-2)14-9-13(16)10-15(11-14)18-4/h9-12H,5-8,16H2,1-4H3. The van der Waals surface area contributed by atoms with Gasteiger partial charge in [-0.15, -0.1) is 0 Å². The Bertz CT molecular complexity index is 366. The van der Waals surface area contributed by atoms with E-state index in [2.05, 4.69) is 31.7 Å². The Kier molecular flexibility index (Phi) is 5.83. The van der Waals surface area contributed by atoms with Gasteiger partial charge in [-0.05, 0) is 25.8 Å². The fraction of sp³-hybridized carbons (Fsp3) is 0.600. The summed E-state index contributed by atoms with van der Waals surface area (Å²) in [6.45, 7) is 7.76. The van der Waals surface area contributed by atoms with Crippen LogP contribution in [0.25, 0.3) is 0 Å². The summed E-state index contributed by atoms with van der Waals surface area (Å²) < 4.78 is 5.30. The number of nitrogen functional groups attached to an aromatic ring is 1. The van der Waals surface area contributed by atoms with Gasteiger partial charge >= 0.3 is 0 Å². The molecule has 1 aromatic carbocycles.